The van der Waals surface area contributed by atoms with Gasteiger partial charge in [-0.15, -0.1) is 0 Å². The second-order valence-corrected chi connectivity index (χ2v) is 4.36. The van der Waals surface area contributed by atoms with Gasteiger partial charge < -0.3 is 15.8 Å². The third kappa shape index (κ3) is 2.43. The monoisotopic (exact) mass is 256 g/mol. The molecule has 6 heteroatoms. The second-order valence-electron chi connectivity index (χ2n) is 4.36. The Labute approximate surface area is 103 Å². The van der Waals surface area contributed by atoms with E-state index in [0.717, 1.165) is 12.1 Å². The molecule has 1 aromatic rings. The van der Waals surface area contributed by atoms with Gasteiger partial charge in [-0.1, -0.05) is 0 Å². The Hall–Kier alpha value is -1.69. The molecule has 0 unspecified atom stereocenters. The van der Waals surface area contributed by atoms with E-state index in [-0.39, 0.29) is 23.4 Å². The number of hydrogen-bond acceptors (Lipinski definition) is 3. The van der Waals surface area contributed by atoms with Crippen LogP contribution in [0.2, 0.25) is 0 Å². The van der Waals surface area contributed by atoms with Crippen molar-refractivity contribution >= 4 is 11.6 Å². The highest BCUT2D eigenvalue weighted by atomic mass is 19.1. The van der Waals surface area contributed by atoms with Crippen LogP contribution in [-0.2, 0) is 4.74 Å². The molecule has 1 saturated carbocycles. The van der Waals surface area contributed by atoms with Gasteiger partial charge in [0.25, 0.3) is 5.91 Å². The number of carbonyl (C=O) groups excluding carboxylic acids is 1. The number of nitrogens with two attached hydrogens (primary N) is 1. The van der Waals surface area contributed by atoms with Gasteiger partial charge in [-0.3, -0.25) is 4.79 Å². The van der Waals surface area contributed by atoms with Crippen LogP contribution < -0.4 is 11.1 Å². The number of nitrogens with one attached hydrogen (secondary N) is 1. The lowest BCUT2D eigenvalue weighted by molar-refractivity contribution is 0.0175. The maximum atomic E-state index is 13.6. The number of halogens is 2. The van der Waals surface area contributed by atoms with E-state index in [0.29, 0.717) is 12.8 Å². The molecular formula is C12H14F2N2O2. The molecule has 0 atom stereocenters. The molecule has 0 radical (unpaired) electrons. The summed E-state index contributed by atoms with van der Waals surface area (Å²) in [4.78, 5) is 11.8. The number of rotatable bonds is 3. The summed E-state index contributed by atoms with van der Waals surface area (Å²) in [5.74, 6) is -2.28. The molecular weight excluding hydrogens is 242 g/mol. The normalized spacial score (nSPS) is 22.4. The Morgan fingerprint density at radius 3 is 2.72 bits per heavy atom. The maximum Gasteiger partial charge on any atom is 0.254 e. The average Bonchev–Trinajstić information content (AvgIpc) is 2.27. The Balaban J connectivity index is 2.06. The Kier molecular flexibility index (Phi) is 3.47. The van der Waals surface area contributed by atoms with Crippen molar-refractivity contribution in [3.63, 3.8) is 0 Å². The number of amides is 1. The zero-order valence-corrected chi connectivity index (χ0v) is 9.87. The number of benzene rings is 1. The number of carbonyl (C=O) groups is 1. The van der Waals surface area contributed by atoms with Crippen molar-refractivity contribution in [1.29, 1.82) is 0 Å². The summed E-state index contributed by atoms with van der Waals surface area (Å²) in [5, 5.41) is 2.61. The summed E-state index contributed by atoms with van der Waals surface area (Å²) < 4.78 is 31.7. The van der Waals surface area contributed by atoms with Crippen LogP contribution in [0.25, 0.3) is 0 Å². The third-order valence-electron chi connectivity index (χ3n) is 3.07. The van der Waals surface area contributed by atoms with Gasteiger partial charge in [0.15, 0.2) is 5.82 Å². The van der Waals surface area contributed by atoms with Crippen LogP contribution in [0.3, 0.4) is 0 Å². The van der Waals surface area contributed by atoms with Gasteiger partial charge in [0.2, 0.25) is 0 Å². The van der Waals surface area contributed by atoms with Gasteiger partial charge in [-0.2, -0.15) is 0 Å². The number of nitrogen functional groups attached to an aromatic ring is 1. The molecule has 0 aliphatic heterocycles. The molecule has 4 nitrogen and oxygen atoms in total. The van der Waals surface area contributed by atoms with Crippen LogP contribution in [0.1, 0.15) is 23.2 Å². The van der Waals surface area contributed by atoms with Crippen molar-refractivity contribution in [1.82, 2.24) is 5.32 Å². The van der Waals surface area contributed by atoms with Crippen LogP contribution in [-0.4, -0.2) is 25.2 Å². The molecule has 3 N–H and O–H groups in total. The van der Waals surface area contributed by atoms with E-state index in [9.17, 15) is 13.6 Å². The molecule has 0 heterocycles. The summed E-state index contributed by atoms with van der Waals surface area (Å²) in [7, 11) is 1.59. The van der Waals surface area contributed by atoms with E-state index in [1.54, 1.807) is 7.11 Å². The van der Waals surface area contributed by atoms with Gasteiger partial charge in [0.1, 0.15) is 5.82 Å². The van der Waals surface area contributed by atoms with E-state index >= 15 is 0 Å². The predicted octanol–water partition coefficient (Wildman–Crippen LogP) is 1.45. The molecule has 1 amide bonds. The SMILES string of the molecule is COC1CC(NC(=O)c2cc(F)cc(N)c2F)C1. The topological polar surface area (TPSA) is 64.3 Å². The maximum absolute atomic E-state index is 13.6. The van der Waals surface area contributed by atoms with Crippen LogP contribution in [0.15, 0.2) is 12.1 Å². The highest BCUT2D eigenvalue weighted by Crippen LogP contribution is 2.24. The fourth-order valence-corrected chi connectivity index (χ4v) is 1.91. The van der Waals surface area contributed by atoms with Crippen molar-refractivity contribution in [3.05, 3.63) is 29.3 Å². The minimum absolute atomic E-state index is 0.0636. The van der Waals surface area contributed by atoms with Crippen molar-refractivity contribution < 1.29 is 18.3 Å². The average molecular weight is 256 g/mol. The lowest BCUT2D eigenvalue weighted by Gasteiger charge is -2.34. The molecule has 0 saturated heterocycles. The number of hydrogen-bond donors (Lipinski definition) is 2. The van der Waals surface area contributed by atoms with E-state index in [4.69, 9.17) is 10.5 Å². The van der Waals surface area contributed by atoms with Crippen LogP contribution in [0, 0.1) is 11.6 Å². The van der Waals surface area contributed by atoms with E-state index in [2.05, 4.69) is 5.32 Å². The summed E-state index contributed by atoms with van der Waals surface area (Å²) in [5.41, 5.74) is 4.53. The highest BCUT2D eigenvalue weighted by Gasteiger charge is 2.31. The Bertz CT molecular complexity index is 473. The Morgan fingerprint density at radius 1 is 1.44 bits per heavy atom. The van der Waals surface area contributed by atoms with E-state index in [1.807, 2.05) is 0 Å². The molecule has 18 heavy (non-hydrogen) atoms. The fourth-order valence-electron chi connectivity index (χ4n) is 1.91. The zero-order valence-electron chi connectivity index (χ0n) is 9.87. The number of ether oxygens (including phenoxy) is 1. The number of anilines is 1. The lowest BCUT2D eigenvalue weighted by Crippen LogP contribution is -2.47. The molecule has 1 aliphatic carbocycles. The van der Waals surface area contributed by atoms with Crippen molar-refractivity contribution in [3.8, 4) is 0 Å². The largest absolute Gasteiger partial charge is 0.396 e. The van der Waals surface area contributed by atoms with Gasteiger partial charge in [0, 0.05) is 13.2 Å². The summed E-state index contributed by atoms with van der Waals surface area (Å²) in [6, 6.07) is 1.62. The van der Waals surface area contributed by atoms with Crippen LogP contribution in [0.4, 0.5) is 14.5 Å². The first-order chi connectivity index (χ1) is 8.51. The third-order valence-corrected chi connectivity index (χ3v) is 3.07. The fraction of sp³-hybridized carbons (Fsp3) is 0.417. The van der Waals surface area contributed by atoms with Crippen molar-refractivity contribution in [2.45, 2.75) is 25.0 Å². The first-order valence-corrected chi connectivity index (χ1v) is 5.59. The summed E-state index contributed by atoms with van der Waals surface area (Å²) >= 11 is 0. The lowest BCUT2D eigenvalue weighted by atomic mass is 9.89. The molecule has 0 bridgehead atoms. The van der Waals surface area contributed by atoms with Crippen molar-refractivity contribution in [2.75, 3.05) is 12.8 Å². The minimum atomic E-state index is -0.892. The van der Waals surface area contributed by atoms with Gasteiger partial charge in [-0.25, -0.2) is 8.78 Å². The van der Waals surface area contributed by atoms with Gasteiger partial charge >= 0.3 is 0 Å². The molecule has 1 aromatic carbocycles. The van der Waals surface area contributed by atoms with Gasteiger partial charge in [-0.05, 0) is 25.0 Å². The molecule has 0 spiro atoms. The Morgan fingerprint density at radius 2 is 2.11 bits per heavy atom. The quantitative estimate of drug-likeness (QED) is 0.805. The summed E-state index contributed by atoms with van der Waals surface area (Å²) in [6.07, 6.45) is 1.47. The summed E-state index contributed by atoms with van der Waals surface area (Å²) in [6.45, 7) is 0. The first-order valence-electron chi connectivity index (χ1n) is 5.59. The first kappa shape index (κ1) is 12.8. The molecule has 1 aliphatic rings. The van der Waals surface area contributed by atoms with Crippen molar-refractivity contribution in [2.24, 2.45) is 0 Å². The van der Waals surface area contributed by atoms with Gasteiger partial charge in [0.05, 0.1) is 17.4 Å². The smallest absolute Gasteiger partial charge is 0.254 e. The zero-order chi connectivity index (χ0) is 13.3. The molecule has 0 aromatic heterocycles. The van der Waals surface area contributed by atoms with Crippen LogP contribution in [0.5, 0.6) is 0 Å². The highest BCUT2D eigenvalue weighted by molar-refractivity contribution is 5.95. The standard InChI is InChI=1S/C12H14F2N2O2/c1-18-8-4-7(5-8)16-12(17)9-2-6(13)3-10(15)11(9)14/h2-3,7-8H,4-5,15H2,1H3,(H,16,17). The number of methoxy groups -OCH3 is 1. The predicted molar refractivity (Wildman–Crippen MR) is 62.1 cm³/mol. The van der Waals surface area contributed by atoms with E-state index in [1.165, 1.54) is 0 Å². The molecule has 1 fully saturated rings. The van der Waals surface area contributed by atoms with Crippen LogP contribution >= 0.6 is 0 Å². The minimum Gasteiger partial charge on any atom is -0.396 e. The second kappa shape index (κ2) is 4.89. The molecule has 2 rings (SSSR count). The molecule has 98 valence electrons. The van der Waals surface area contributed by atoms with E-state index < -0.39 is 17.5 Å².